The molecule has 8 nitrogen and oxygen atoms in total. The number of fused-ring (bicyclic) bond motifs is 1. The minimum atomic E-state index is -0.0457. The number of H-pyrrole nitrogens is 1. The molecule has 8 heteroatoms. The van der Waals surface area contributed by atoms with Crippen LogP contribution < -0.4 is 5.32 Å². The lowest BCUT2D eigenvalue weighted by Crippen LogP contribution is -2.15. The van der Waals surface area contributed by atoms with Crippen molar-refractivity contribution in [3.63, 3.8) is 0 Å². The van der Waals surface area contributed by atoms with E-state index < -0.39 is 0 Å². The molecule has 0 unspecified atom stereocenters. The quantitative estimate of drug-likeness (QED) is 0.584. The molecule has 3 aromatic heterocycles. The van der Waals surface area contributed by atoms with Crippen molar-refractivity contribution in [1.29, 1.82) is 0 Å². The first kappa shape index (κ1) is 15.8. The topological polar surface area (TPSA) is 93.4 Å². The monoisotopic (exact) mass is 361 g/mol. The van der Waals surface area contributed by atoms with E-state index in [4.69, 9.17) is 0 Å². The maximum atomic E-state index is 12.8. The predicted molar refractivity (Wildman–Crippen MR) is 101 cm³/mol. The first-order valence-corrected chi connectivity index (χ1v) is 8.87. The van der Waals surface area contributed by atoms with E-state index in [1.807, 2.05) is 55.2 Å². The van der Waals surface area contributed by atoms with Crippen molar-refractivity contribution in [3.05, 3.63) is 48.5 Å². The Morgan fingerprint density at radius 2 is 2.07 bits per heavy atom. The molecule has 4 aromatic rings. The zero-order valence-electron chi connectivity index (χ0n) is 15.0. The smallest absolute Gasteiger partial charge is 0.229 e. The lowest BCUT2D eigenvalue weighted by Gasteiger charge is -2.04. The van der Waals surface area contributed by atoms with Gasteiger partial charge in [-0.2, -0.15) is 10.2 Å². The van der Waals surface area contributed by atoms with E-state index in [-0.39, 0.29) is 17.7 Å². The molecule has 136 valence electrons. The number of anilines is 1. The van der Waals surface area contributed by atoms with Gasteiger partial charge in [-0.3, -0.25) is 9.89 Å². The summed E-state index contributed by atoms with van der Waals surface area (Å²) in [5, 5.41) is 15.7. The Morgan fingerprint density at radius 1 is 1.26 bits per heavy atom. The first-order chi connectivity index (χ1) is 13.1. The number of nitrogens with zero attached hydrogens (tertiary/aromatic N) is 5. The molecule has 1 aliphatic carbocycles. The fourth-order valence-corrected chi connectivity index (χ4v) is 3.68. The second-order valence-corrected chi connectivity index (χ2v) is 7.00. The van der Waals surface area contributed by atoms with Gasteiger partial charge in [0.1, 0.15) is 11.5 Å². The molecule has 2 atom stereocenters. The van der Waals surface area contributed by atoms with Crippen molar-refractivity contribution < 1.29 is 4.79 Å². The van der Waals surface area contributed by atoms with Gasteiger partial charge < -0.3 is 9.88 Å². The van der Waals surface area contributed by atoms with E-state index >= 15 is 0 Å². The average molecular weight is 361 g/mol. The summed E-state index contributed by atoms with van der Waals surface area (Å²) >= 11 is 0. The Balaban J connectivity index is 1.45. The molecule has 1 amide bonds. The summed E-state index contributed by atoms with van der Waals surface area (Å²) in [4.78, 5) is 16.9. The molecule has 0 bridgehead atoms. The van der Waals surface area contributed by atoms with E-state index in [1.165, 1.54) is 0 Å². The van der Waals surface area contributed by atoms with Crippen molar-refractivity contribution in [2.24, 2.45) is 20.0 Å². The van der Waals surface area contributed by atoms with E-state index in [0.717, 1.165) is 28.8 Å². The number of aromatic nitrogens is 6. The third kappa shape index (κ3) is 2.52. The van der Waals surface area contributed by atoms with Crippen molar-refractivity contribution in [3.8, 4) is 11.3 Å². The molecule has 0 spiro atoms. The molecule has 1 aliphatic rings. The average Bonchev–Trinajstić information content (AvgIpc) is 2.99. The number of imidazole rings is 1. The number of rotatable bonds is 4. The number of amides is 1. The van der Waals surface area contributed by atoms with E-state index in [1.54, 1.807) is 11.0 Å². The van der Waals surface area contributed by atoms with Gasteiger partial charge in [-0.25, -0.2) is 9.67 Å². The Morgan fingerprint density at radius 3 is 2.81 bits per heavy atom. The third-order valence-corrected chi connectivity index (χ3v) is 5.20. The number of aryl methyl sites for hydroxylation is 2. The number of hydrogen-bond donors (Lipinski definition) is 2. The van der Waals surface area contributed by atoms with Crippen LogP contribution in [-0.4, -0.2) is 35.4 Å². The van der Waals surface area contributed by atoms with Gasteiger partial charge in [-0.1, -0.05) is 30.3 Å². The second-order valence-electron chi connectivity index (χ2n) is 7.00. The molecule has 3 heterocycles. The van der Waals surface area contributed by atoms with Crippen LogP contribution in [0.4, 0.5) is 5.82 Å². The molecule has 0 saturated heterocycles. The molecule has 1 saturated carbocycles. The minimum Gasteiger partial charge on any atom is -0.337 e. The molecular formula is C19H19N7O. The van der Waals surface area contributed by atoms with Gasteiger partial charge >= 0.3 is 0 Å². The van der Waals surface area contributed by atoms with Crippen LogP contribution in [0, 0.1) is 5.92 Å². The number of hydrogen-bond acceptors (Lipinski definition) is 4. The van der Waals surface area contributed by atoms with Gasteiger partial charge in [0.05, 0.1) is 11.7 Å². The Hall–Kier alpha value is -3.42. The normalized spacial score (nSPS) is 18.7. The van der Waals surface area contributed by atoms with Crippen LogP contribution in [0.3, 0.4) is 0 Å². The summed E-state index contributed by atoms with van der Waals surface area (Å²) in [6.45, 7) is 0. The van der Waals surface area contributed by atoms with Crippen molar-refractivity contribution >= 4 is 22.8 Å². The molecule has 0 radical (unpaired) electrons. The fraction of sp³-hybridized carbons (Fsp3) is 0.263. The number of carbonyl (C=O) groups is 1. The Bertz CT molecular complexity index is 1140. The van der Waals surface area contributed by atoms with Gasteiger partial charge in [-0.05, 0) is 6.42 Å². The second kappa shape index (κ2) is 5.80. The van der Waals surface area contributed by atoms with Crippen LogP contribution in [-0.2, 0) is 18.9 Å². The SMILES string of the molecule is Cn1cncc1[C@@H]1C[C@H]1C(=O)Nc1[nH]nc2c1c(-c1ccccc1)nn2C. The summed E-state index contributed by atoms with van der Waals surface area (Å²) in [6.07, 6.45) is 4.44. The molecule has 2 N–H and O–H groups in total. The van der Waals surface area contributed by atoms with Gasteiger partial charge in [0, 0.05) is 43.4 Å². The molecule has 5 rings (SSSR count). The predicted octanol–water partition coefficient (Wildman–Crippen LogP) is 2.44. The van der Waals surface area contributed by atoms with Crippen molar-refractivity contribution in [1.82, 2.24) is 29.5 Å². The first-order valence-electron chi connectivity index (χ1n) is 8.87. The van der Waals surface area contributed by atoms with Crippen LogP contribution in [0.1, 0.15) is 18.0 Å². The van der Waals surface area contributed by atoms with Gasteiger partial charge in [0.25, 0.3) is 0 Å². The Labute approximate surface area is 155 Å². The zero-order valence-corrected chi connectivity index (χ0v) is 15.0. The number of nitrogens with one attached hydrogen (secondary N) is 2. The van der Waals surface area contributed by atoms with E-state index in [2.05, 4.69) is 25.6 Å². The molecule has 1 aromatic carbocycles. The van der Waals surface area contributed by atoms with Crippen LogP contribution in [0.5, 0.6) is 0 Å². The highest BCUT2D eigenvalue weighted by Gasteiger charge is 2.45. The van der Waals surface area contributed by atoms with Crippen LogP contribution >= 0.6 is 0 Å². The maximum absolute atomic E-state index is 12.8. The number of carbonyl (C=O) groups excluding carboxylic acids is 1. The van der Waals surface area contributed by atoms with E-state index in [0.29, 0.717) is 11.5 Å². The van der Waals surface area contributed by atoms with Crippen LogP contribution in [0.25, 0.3) is 22.3 Å². The summed E-state index contributed by atoms with van der Waals surface area (Å²) in [6, 6.07) is 9.90. The highest BCUT2D eigenvalue weighted by atomic mass is 16.2. The summed E-state index contributed by atoms with van der Waals surface area (Å²) in [5.41, 5.74) is 3.59. The van der Waals surface area contributed by atoms with Gasteiger partial charge in [-0.15, -0.1) is 0 Å². The molecule has 0 aliphatic heterocycles. The number of aromatic amines is 1. The van der Waals surface area contributed by atoms with Crippen molar-refractivity contribution in [2.75, 3.05) is 5.32 Å². The Kier molecular flexibility index (Phi) is 3.40. The largest absolute Gasteiger partial charge is 0.337 e. The van der Waals surface area contributed by atoms with Crippen LogP contribution in [0.2, 0.25) is 0 Å². The van der Waals surface area contributed by atoms with Gasteiger partial charge in [0.15, 0.2) is 5.65 Å². The summed E-state index contributed by atoms with van der Waals surface area (Å²) < 4.78 is 3.69. The standard InChI is InChI=1S/C19H19N7O/c1-25-10-20-9-14(25)12-8-13(12)19(27)21-17-15-16(11-6-4-3-5-7-11)24-26(2)18(15)23-22-17/h3-7,9-10,12-13H,8H2,1-2H3,(H2,21,22,23,27)/t12-,13-/m1/s1. The maximum Gasteiger partial charge on any atom is 0.229 e. The van der Waals surface area contributed by atoms with Crippen molar-refractivity contribution in [2.45, 2.75) is 12.3 Å². The minimum absolute atomic E-state index is 0.00499. The zero-order chi connectivity index (χ0) is 18.5. The highest BCUT2D eigenvalue weighted by Crippen LogP contribution is 2.48. The highest BCUT2D eigenvalue weighted by molar-refractivity contribution is 6.06. The third-order valence-electron chi connectivity index (χ3n) is 5.20. The fourth-order valence-electron chi connectivity index (χ4n) is 3.68. The summed E-state index contributed by atoms with van der Waals surface area (Å²) in [7, 11) is 3.80. The van der Waals surface area contributed by atoms with E-state index in [9.17, 15) is 4.79 Å². The number of benzene rings is 1. The molecule has 1 fully saturated rings. The molecular weight excluding hydrogens is 342 g/mol. The lowest BCUT2D eigenvalue weighted by atomic mass is 10.1. The molecule has 27 heavy (non-hydrogen) atoms. The van der Waals surface area contributed by atoms with Gasteiger partial charge in [0.2, 0.25) is 5.91 Å². The summed E-state index contributed by atoms with van der Waals surface area (Å²) in [5.74, 6) is 0.765. The van der Waals surface area contributed by atoms with Crippen LogP contribution in [0.15, 0.2) is 42.9 Å². The lowest BCUT2D eigenvalue weighted by molar-refractivity contribution is -0.117.